The molecule has 5 nitrogen and oxygen atoms in total. The highest BCUT2D eigenvalue weighted by molar-refractivity contribution is 6.04. The number of carbonyl (C=O) groups excluding carboxylic acids is 2. The van der Waals surface area contributed by atoms with E-state index in [1.165, 1.54) is 0 Å². The number of pyridine rings is 1. The first-order chi connectivity index (χ1) is 12.2. The number of hydrogen-bond acceptors (Lipinski definition) is 3. The van der Waals surface area contributed by atoms with E-state index in [1.54, 1.807) is 24.3 Å². The zero-order valence-corrected chi connectivity index (χ0v) is 13.5. The smallest absolute Gasteiger partial charge is 0.274 e. The van der Waals surface area contributed by atoms with Crippen LogP contribution >= 0.6 is 0 Å². The molecular weight excluding hydrogens is 314 g/mol. The van der Waals surface area contributed by atoms with Gasteiger partial charge in [-0.05, 0) is 43.2 Å². The van der Waals surface area contributed by atoms with Crippen LogP contribution in [0.3, 0.4) is 0 Å². The van der Waals surface area contributed by atoms with Gasteiger partial charge in [-0.1, -0.05) is 30.3 Å². The molecule has 0 atom stereocenters. The maximum atomic E-state index is 12.4. The lowest BCUT2D eigenvalue weighted by atomic mass is 10.2. The van der Waals surface area contributed by atoms with Crippen LogP contribution in [0, 0.1) is 5.92 Å². The summed E-state index contributed by atoms with van der Waals surface area (Å²) in [4.78, 5) is 28.7. The summed E-state index contributed by atoms with van der Waals surface area (Å²) in [6.45, 7) is 0. The number of fused-ring (bicyclic) bond motifs is 1. The molecule has 1 aromatic heterocycles. The van der Waals surface area contributed by atoms with E-state index in [9.17, 15) is 9.59 Å². The summed E-state index contributed by atoms with van der Waals surface area (Å²) >= 11 is 0. The molecular formula is C20H17N3O2. The molecule has 0 radical (unpaired) electrons. The molecule has 0 bridgehead atoms. The van der Waals surface area contributed by atoms with Crippen LogP contribution < -0.4 is 10.6 Å². The Morgan fingerprint density at radius 1 is 0.880 bits per heavy atom. The van der Waals surface area contributed by atoms with Gasteiger partial charge in [-0.2, -0.15) is 0 Å². The first kappa shape index (κ1) is 15.3. The molecule has 1 aliphatic carbocycles. The van der Waals surface area contributed by atoms with Crippen LogP contribution in [0.25, 0.3) is 10.9 Å². The number of nitrogens with zero attached hydrogens (tertiary/aromatic N) is 1. The van der Waals surface area contributed by atoms with Gasteiger partial charge in [0.15, 0.2) is 0 Å². The van der Waals surface area contributed by atoms with Crippen molar-refractivity contribution in [3.8, 4) is 0 Å². The second-order valence-corrected chi connectivity index (χ2v) is 6.19. The van der Waals surface area contributed by atoms with Gasteiger partial charge in [-0.3, -0.25) is 9.59 Å². The predicted molar refractivity (Wildman–Crippen MR) is 97.5 cm³/mol. The molecule has 2 aromatic carbocycles. The highest BCUT2D eigenvalue weighted by Crippen LogP contribution is 2.30. The van der Waals surface area contributed by atoms with E-state index in [1.807, 2.05) is 36.4 Å². The highest BCUT2D eigenvalue weighted by atomic mass is 16.2. The average molecular weight is 331 g/mol. The third-order valence-corrected chi connectivity index (χ3v) is 4.17. The Labute approximate surface area is 145 Å². The first-order valence-corrected chi connectivity index (χ1v) is 8.27. The molecule has 1 saturated carbocycles. The number of nitrogens with one attached hydrogen (secondary N) is 2. The number of benzene rings is 2. The van der Waals surface area contributed by atoms with Crippen molar-refractivity contribution >= 4 is 34.1 Å². The third-order valence-electron chi connectivity index (χ3n) is 4.17. The Hall–Kier alpha value is -3.21. The van der Waals surface area contributed by atoms with E-state index in [2.05, 4.69) is 15.6 Å². The summed E-state index contributed by atoms with van der Waals surface area (Å²) in [6, 6.07) is 18.4. The summed E-state index contributed by atoms with van der Waals surface area (Å²) in [6.07, 6.45) is 1.91. The lowest BCUT2D eigenvalue weighted by Crippen LogP contribution is -2.15. The van der Waals surface area contributed by atoms with Crippen LogP contribution in [0.5, 0.6) is 0 Å². The Morgan fingerprint density at radius 3 is 2.44 bits per heavy atom. The molecule has 5 heteroatoms. The van der Waals surface area contributed by atoms with Gasteiger partial charge < -0.3 is 10.6 Å². The fourth-order valence-corrected chi connectivity index (χ4v) is 2.65. The van der Waals surface area contributed by atoms with Crippen LogP contribution in [0.1, 0.15) is 23.3 Å². The highest BCUT2D eigenvalue weighted by Gasteiger charge is 2.29. The van der Waals surface area contributed by atoms with Crippen LogP contribution in [0.2, 0.25) is 0 Å². The maximum Gasteiger partial charge on any atom is 0.274 e. The lowest BCUT2D eigenvalue weighted by Gasteiger charge is -2.09. The van der Waals surface area contributed by atoms with E-state index < -0.39 is 0 Å². The largest absolute Gasteiger partial charge is 0.326 e. The Balaban J connectivity index is 1.50. The maximum absolute atomic E-state index is 12.4. The van der Waals surface area contributed by atoms with E-state index >= 15 is 0 Å². The minimum absolute atomic E-state index is 0.0414. The van der Waals surface area contributed by atoms with Crippen LogP contribution in [-0.2, 0) is 4.79 Å². The molecule has 124 valence electrons. The van der Waals surface area contributed by atoms with Crippen LogP contribution in [-0.4, -0.2) is 16.8 Å². The van der Waals surface area contributed by atoms with Crippen molar-refractivity contribution in [3.05, 3.63) is 66.4 Å². The van der Waals surface area contributed by atoms with Crippen molar-refractivity contribution in [1.82, 2.24) is 4.98 Å². The molecule has 0 aliphatic heterocycles. The molecule has 0 saturated heterocycles. The van der Waals surface area contributed by atoms with Crippen molar-refractivity contribution in [2.24, 2.45) is 5.92 Å². The minimum Gasteiger partial charge on any atom is -0.326 e. The lowest BCUT2D eigenvalue weighted by molar-refractivity contribution is -0.117. The Bertz CT molecular complexity index is 964. The van der Waals surface area contributed by atoms with Crippen molar-refractivity contribution in [3.63, 3.8) is 0 Å². The number of rotatable bonds is 4. The molecule has 0 unspecified atom stereocenters. The van der Waals surface area contributed by atoms with Gasteiger partial charge in [0.25, 0.3) is 5.91 Å². The number of anilines is 2. The van der Waals surface area contributed by atoms with E-state index in [-0.39, 0.29) is 17.7 Å². The van der Waals surface area contributed by atoms with Crippen molar-refractivity contribution in [2.75, 3.05) is 10.6 Å². The summed E-state index contributed by atoms with van der Waals surface area (Å²) in [5.74, 6) is -0.101. The molecule has 0 spiro atoms. The fraction of sp³-hybridized carbons (Fsp3) is 0.150. The summed E-state index contributed by atoms with van der Waals surface area (Å²) < 4.78 is 0. The van der Waals surface area contributed by atoms with Crippen molar-refractivity contribution in [2.45, 2.75) is 12.8 Å². The molecule has 4 rings (SSSR count). The Morgan fingerprint density at radius 2 is 1.64 bits per heavy atom. The normalized spacial score (nSPS) is 13.4. The number of aromatic nitrogens is 1. The molecule has 1 aliphatic rings. The van der Waals surface area contributed by atoms with E-state index in [4.69, 9.17) is 0 Å². The fourth-order valence-electron chi connectivity index (χ4n) is 2.65. The van der Waals surface area contributed by atoms with Gasteiger partial charge in [0.2, 0.25) is 5.91 Å². The number of carbonyl (C=O) groups is 2. The van der Waals surface area contributed by atoms with Gasteiger partial charge in [-0.15, -0.1) is 0 Å². The Kier molecular flexibility index (Phi) is 3.90. The molecule has 2 amide bonds. The predicted octanol–water partition coefficient (Wildman–Crippen LogP) is 3.84. The zero-order chi connectivity index (χ0) is 17.2. The molecule has 25 heavy (non-hydrogen) atoms. The minimum atomic E-state index is -0.281. The average Bonchev–Trinajstić information content (AvgIpc) is 3.47. The summed E-state index contributed by atoms with van der Waals surface area (Å²) in [5, 5.41) is 6.69. The van der Waals surface area contributed by atoms with Crippen LogP contribution in [0.4, 0.5) is 11.4 Å². The SMILES string of the molecule is O=C(Nc1cccc(NC(=O)C2CC2)c1)c1ccc2ccccc2n1. The van der Waals surface area contributed by atoms with E-state index in [0.29, 0.717) is 17.1 Å². The van der Waals surface area contributed by atoms with Gasteiger partial charge in [0.05, 0.1) is 5.52 Å². The van der Waals surface area contributed by atoms with Gasteiger partial charge in [0, 0.05) is 22.7 Å². The van der Waals surface area contributed by atoms with Crippen molar-refractivity contribution in [1.29, 1.82) is 0 Å². The van der Waals surface area contributed by atoms with Gasteiger partial charge in [0.1, 0.15) is 5.69 Å². The second-order valence-electron chi connectivity index (χ2n) is 6.19. The first-order valence-electron chi connectivity index (χ1n) is 8.27. The van der Waals surface area contributed by atoms with Crippen LogP contribution in [0.15, 0.2) is 60.7 Å². The quantitative estimate of drug-likeness (QED) is 0.763. The number of para-hydroxylation sites is 1. The molecule has 2 N–H and O–H groups in total. The third kappa shape index (κ3) is 3.50. The zero-order valence-electron chi connectivity index (χ0n) is 13.5. The van der Waals surface area contributed by atoms with E-state index in [0.717, 1.165) is 23.7 Å². The number of hydrogen-bond donors (Lipinski definition) is 2. The monoisotopic (exact) mass is 331 g/mol. The summed E-state index contributed by atoms with van der Waals surface area (Å²) in [7, 11) is 0. The number of amides is 2. The summed E-state index contributed by atoms with van der Waals surface area (Å²) in [5.41, 5.74) is 2.43. The van der Waals surface area contributed by atoms with Gasteiger partial charge in [-0.25, -0.2) is 4.98 Å². The molecule has 1 heterocycles. The second kappa shape index (κ2) is 6.36. The topological polar surface area (TPSA) is 71.1 Å². The van der Waals surface area contributed by atoms with Gasteiger partial charge >= 0.3 is 0 Å². The molecule has 1 fully saturated rings. The molecule has 3 aromatic rings. The van der Waals surface area contributed by atoms with Crippen molar-refractivity contribution < 1.29 is 9.59 Å². The standard InChI is InChI=1S/C20H17N3O2/c24-19(14-8-9-14)21-15-5-3-6-16(12-15)22-20(25)18-11-10-13-4-1-2-7-17(13)23-18/h1-7,10-12,14H,8-9H2,(H,21,24)(H,22,25).